The quantitative estimate of drug-likeness (QED) is 0.765. The maximum atomic E-state index is 14.3. The molecule has 0 amide bonds. The minimum absolute atomic E-state index is 0.181. The van der Waals surface area contributed by atoms with Crippen LogP contribution in [0.15, 0.2) is 18.2 Å². The lowest BCUT2D eigenvalue weighted by atomic mass is 9.91. The maximum Gasteiger partial charge on any atom is 0.420 e. The van der Waals surface area contributed by atoms with E-state index in [-0.39, 0.29) is 32.0 Å². The lowest BCUT2D eigenvalue weighted by Gasteiger charge is -2.30. The van der Waals surface area contributed by atoms with Gasteiger partial charge < -0.3 is 4.74 Å². The summed E-state index contributed by atoms with van der Waals surface area (Å²) in [6, 6.07) is 1.73. The van der Waals surface area contributed by atoms with Gasteiger partial charge in [0, 0.05) is 18.5 Å². The number of alkyl halides is 5. The molecule has 1 spiro atoms. The lowest BCUT2D eigenvalue weighted by Crippen LogP contribution is -2.44. The van der Waals surface area contributed by atoms with E-state index in [0.29, 0.717) is 0 Å². The van der Waals surface area contributed by atoms with E-state index >= 15 is 0 Å². The van der Waals surface area contributed by atoms with Gasteiger partial charge in [0.2, 0.25) is 0 Å². The molecule has 1 unspecified atom stereocenters. The molecule has 12 heteroatoms. The molecule has 1 aromatic rings. The van der Waals surface area contributed by atoms with Crippen molar-refractivity contribution in [2.75, 3.05) is 19.7 Å². The van der Waals surface area contributed by atoms with Crippen molar-refractivity contribution in [1.29, 1.82) is 0 Å². The molecule has 152 valence electrons. The van der Waals surface area contributed by atoms with E-state index in [9.17, 15) is 34.8 Å². The smallest absolute Gasteiger partial charge is 0.420 e. The summed E-state index contributed by atoms with van der Waals surface area (Å²) in [5.41, 5.74) is -2.92. The highest BCUT2D eigenvalue weighted by Gasteiger charge is 2.80. The Bertz CT molecular complexity index is 834. The van der Waals surface area contributed by atoms with Crippen molar-refractivity contribution >= 4 is 10.2 Å². The summed E-state index contributed by atoms with van der Waals surface area (Å²) in [5, 5.41) is 4.97. The van der Waals surface area contributed by atoms with Gasteiger partial charge in [-0.2, -0.15) is 25.9 Å². The van der Waals surface area contributed by atoms with Crippen LogP contribution in [0.3, 0.4) is 0 Å². The predicted molar refractivity (Wildman–Crippen MR) is 81.7 cm³/mol. The average molecular weight is 418 g/mol. The van der Waals surface area contributed by atoms with Crippen molar-refractivity contribution in [2.45, 2.75) is 24.9 Å². The summed E-state index contributed by atoms with van der Waals surface area (Å²) in [6.45, 7) is -1.10. The molecule has 3 rings (SSSR count). The van der Waals surface area contributed by atoms with Gasteiger partial charge in [0.05, 0.1) is 12.5 Å². The van der Waals surface area contributed by atoms with E-state index < -0.39 is 57.4 Å². The maximum absolute atomic E-state index is 14.3. The van der Waals surface area contributed by atoms with Crippen molar-refractivity contribution in [3.63, 3.8) is 0 Å². The van der Waals surface area contributed by atoms with Gasteiger partial charge in [-0.05, 0) is 31.0 Å². The first-order valence-electron chi connectivity index (χ1n) is 7.94. The predicted octanol–water partition coefficient (Wildman–Crippen LogP) is 2.77. The lowest BCUT2D eigenvalue weighted by molar-refractivity contribution is -0.139. The highest BCUT2D eigenvalue weighted by Crippen LogP contribution is 2.70. The molecule has 0 radical (unpaired) electrons. The number of hydrogen-bond acceptors (Lipinski definition) is 3. The molecule has 1 saturated carbocycles. The fourth-order valence-electron chi connectivity index (χ4n) is 3.70. The summed E-state index contributed by atoms with van der Waals surface area (Å²) in [6.07, 6.45) is -5.26. The Morgan fingerprint density at radius 1 is 1.22 bits per heavy atom. The van der Waals surface area contributed by atoms with Crippen LogP contribution in [0, 0.1) is 17.2 Å². The molecule has 0 aromatic heterocycles. The molecule has 1 atom stereocenters. The van der Waals surface area contributed by atoms with Gasteiger partial charge in [0.15, 0.2) is 0 Å². The molecule has 2 N–H and O–H groups in total. The van der Waals surface area contributed by atoms with Crippen molar-refractivity contribution in [3.05, 3.63) is 29.6 Å². The SMILES string of the molecule is NS(=O)(=O)N1CCC2(CC1)C(COc1ccc(F)cc1C(F)(F)F)C2(F)F. The first kappa shape index (κ1) is 20.2. The van der Waals surface area contributed by atoms with Crippen LogP contribution in [-0.4, -0.2) is 38.3 Å². The monoisotopic (exact) mass is 418 g/mol. The molecule has 2 aliphatic rings. The summed E-state index contributed by atoms with van der Waals surface area (Å²) < 4.78 is 109. The van der Waals surface area contributed by atoms with Crippen LogP contribution >= 0.6 is 0 Å². The topological polar surface area (TPSA) is 72.6 Å². The Balaban J connectivity index is 1.72. The highest BCUT2D eigenvalue weighted by atomic mass is 32.2. The highest BCUT2D eigenvalue weighted by molar-refractivity contribution is 7.86. The van der Waals surface area contributed by atoms with Crippen LogP contribution < -0.4 is 9.88 Å². The molecule has 1 aliphatic heterocycles. The number of nitrogens with zero attached hydrogens (tertiary/aromatic N) is 1. The fraction of sp³-hybridized carbons (Fsp3) is 0.600. The fourth-order valence-corrected chi connectivity index (χ4v) is 4.39. The first-order valence-corrected chi connectivity index (χ1v) is 9.44. The van der Waals surface area contributed by atoms with Crippen LogP contribution in [0.2, 0.25) is 0 Å². The molecule has 1 saturated heterocycles. The molecule has 1 aliphatic carbocycles. The third-order valence-corrected chi connectivity index (χ3v) is 6.40. The van der Waals surface area contributed by atoms with E-state index in [2.05, 4.69) is 0 Å². The Hall–Kier alpha value is -1.53. The zero-order valence-electron chi connectivity index (χ0n) is 13.8. The van der Waals surface area contributed by atoms with Crippen molar-refractivity contribution in [2.24, 2.45) is 16.5 Å². The summed E-state index contributed by atoms with van der Waals surface area (Å²) in [7, 11) is -3.99. The standard InChI is InChI=1S/C15H16F6N2O3S/c16-9-1-2-11(10(7-9)15(19,20)21)26-8-12-13(14(12,17)18)3-5-23(6-4-13)27(22,24)25/h1-2,7,12H,3-6,8H2,(H2,22,24,25). The molecule has 27 heavy (non-hydrogen) atoms. The van der Waals surface area contributed by atoms with Crippen molar-refractivity contribution < 1.29 is 39.5 Å². The third-order valence-electron chi connectivity index (χ3n) is 5.31. The Labute approximate surface area is 151 Å². The van der Waals surface area contributed by atoms with E-state index in [1.807, 2.05) is 0 Å². The molecular formula is C15H16F6N2O3S. The van der Waals surface area contributed by atoms with E-state index in [1.165, 1.54) is 0 Å². The molecular weight excluding hydrogens is 402 g/mol. The second-order valence-corrected chi connectivity index (χ2v) is 8.27. The van der Waals surface area contributed by atoms with Gasteiger partial charge in [-0.3, -0.25) is 0 Å². The number of rotatable bonds is 4. The van der Waals surface area contributed by atoms with E-state index in [1.54, 1.807) is 0 Å². The van der Waals surface area contributed by atoms with Crippen LogP contribution in [0.1, 0.15) is 18.4 Å². The van der Waals surface area contributed by atoms with Gasteiger partial charge in [0.1, 0.15) is 17.1 Å². The molecule has 0 bridgehead atoms. The van der Waals surface area contributed by atoms with Gasteiger partial charge >= 0.3 is 6.18 Å². The number of nitrogens with two attached hydrogens (primary N) is 1. The molecule has 1 aromatic carbocycles. The van der Waals surface area contributed by atoms with Crippen molar-refractivity contribution in [3.8, 4) is 5.75 Å². The Kier molecular flexibility index (Phi) is 4.67. The second kappa shape index (κ2) is 6.24. The largest absolute Gasteiger partial charge is 0.492 e. The number of halogens is 6. The number of hydrogen-bond donors (Lipinski definition) is 1. The normalized spacial score (nSPS) is 24.8. The van der Waals surface area contributed by atoms with Crippen LogP contribution in [0.25, 0.3) is 0 Å². The summed E-state index contributed by atoms with van der Waals surface area (Å²) >= 11 is 0. The number of piperidine rings is 1. The first-order chi connectivity index (χ1) is 12.3. The van der Waals surface area contributed by atoms with Gasteiger partial charge in [-0.25, -0.2) is 18.3 Å². The van der Waals surface area contributed by atoms with Crippen molar-refractivity contribution in [1.82, 2.24) is 4.31 Å². The number of benzene rings is 1. The minimum Gasteiger partial charge on any atom is -0.492 e. The van der Waals surface area contributed by atoms with E-state index in [0.717, 1.165) is 16.4 Å². The molecule has 5 nitrogen and oxygen atoms in total. The molecule has 2 fully saturated rings. The minimum atomic E-state index is -4.90. The third kappa shape index (κ3) is 3.49. The average Bonchev–Trinajstić information content (AvgIpc) is 2.98. The van der Waals surface area contributed by atoms with Gasteiger partial charge in [0.25, 0.3) is 16.1 Å². The molecule has 1 heterocycles. The zero-order valence-corrected chi connectivity index (χ0v) is 14.6. The zero-order chi connectivity index (χ0) is 20.3. The Morgan fingerprint density at radius 2 is 1.81 bits per heavy atom. The summed E-state index contributed by atoms with van der Waals surface area (Å²) in [5.74, 6) is -6.42. The Morgan fingerprint density at radius 3 is 2.33 bits per heavy atom. The van der Waals surface area contributed by atoms with Gasteiger partial charge in [-0.1, -0.05) is 0 Å². The van der Waals surface area contributed by atoms with E-state index in [4.69, 9.17) is 9.88 Å². The second-order valence-electron chi connectivity index (χ2n) is 6.72. The number of ether oxygens (including phenoxy) is 1. The summed E-state index contributed by atoms with van der Waals surface area (Å²) in [4.78, 5) is 0. The van der Waals surface area contributed by atoms with Crippen LogP contribution in [-0.2, 0) is 16.4 Å². The van der Waals surface area contributed by atoms with Gasteiger partial charge in [-0.15, -0.1) is 0 Å². The van der Waals surface area contributed by atoms with Crippen LogP contribution in [0.4, 0.5) is 26.3 Å². The van der Waals surface area contributed by atoms with Crippen LogP contribution in [0.5, 0.6) is 5.75 Å².